The summed E-state index contributed by atoms with van der Waals surface area (Å²) in [6.07, 6.45) is 5.39. The Morgan fingerprint density at radius 3 is 2.54 bits per heavy atom. The lowest BCUT2D eigenvalue weighted by molar-refractivity contribution is -0.312. The lowest BCUT2D eigenvalue weighted by Crippen LogP contribution is -2.63. The van der Waals surface area contributed by atoms with Crippen LogP contribution in [0.15, 0.2) is 11.6 Å². The summed E-state index contributed by atoms with van der Waals surface area (Å²) in [6.45, 7) is 4.25. The predicted molar refractivity (Wildman–Crippen MR) is 138 cm³/mol. The number of aliphatic hydroxyl groups excluding tert-OH is 2. The van der Waals surface area contributed by atoms with Crippen LogP contribution in [-0.2, 0) is 28.5 Å². The van der Waals surface area contributed by atoms with Crippen molar-refractivity contribution in [3.05, 3.63) is 11.6 Å². The number of carbonyl (C=O) groups is 2. The van der Waals surface area contributed by atoms with Crippen LogP contribution in [0.3, 0.4) is 0 Å². The molecule has 1 saturated heterocycles. The number of hydrogen-bond donors (Lipinski definition) is 3. The molecule has 2 heterocycles. The molecule has 6 rings (SSSR count). The third-order valence-corrected chi connectivity index (χ3v) is 12.1. The number of fused-ring (bicyclic) bond motifs is 5. The number of rotatable bonds is 5. The van der Waals surface area contributed by atoms with E-state index < -0.39 is 41.7 Å². The van der Waals surface area contributed by atoms with E-state index in [4.69, 9.17) is 18.9 Å². The van der Waals surface area contributed by atoms with Gasteiger partial charge in [0, 0.05) is 24.0 Å². The first-order valence-corrected chi connectivity index (χ1v) is 14.8. The maximum absolute atomic E-state index is 13.0. The molecule has 5 fully saturated rings. The molecule has 0 bridgehead atoms. The van der Waals surface area contributed by atoms with Crippen molar-refractivity contribution in [2.75, 3.05) is 13.7 Å². The molecule has 6 aliphatic rings. The van der Waals surface area contributed by atoms with Crippen molar-refractivity contribution in [3.8, 4) is 0 Å². The van der Waals surface area contributed by atoms with Gasteiger partial charge in [0.1, 0.15) is 31.2 Å². The van der Waals surface area contributed by atoms with Crippen molar-refractivity contribution in [2.24, 2.45) is 34.5 Å². The molecule has 3 unspecified atom stereocenters. The summed E-state index contributed by atoms with van der Waals surface area (Å²) in [7, 11) is 1.46. The zero-order chi connectivity index (χ0) is 27.7. The third-order valence-electron chi connectivity index (χ3n) is 12.1. The van der Waals surface area contributed by atoms with Crippen LogP contribution in [-0.4, -0.2) is 83.7 Å². The predicted octanol–water partition coefficient (Wildman–Crippen LogP) is 2.29. The summed E-state index contributed by atoms with van der Waals surface area (Å²) in [5.41, 5.74) is -0.682. The van der Waals surface area contributed by atoms with Gasteiger partial charge in [-0.1, -0.05) is 6.92 Å². The molecule has 0 aromatic heterocycles. The summed E-state index contributed by atoms with van der Waals surface area (Å²) < 4.78 is 22.6. The molecule has 218 valence electrons. The Hall–Kier alpha value is -1.36. The molecular weight excluding hydrogens is 504 g/mol. The van der Waals surface area contributed by atoms with Gasteiger partial charge in [0.2, 0.25) is 0 Å². The normalized spacial score (nSPS) is 53.3. The maximum Gasteiger partial charge on any atom is 0.331 e. The van der Waals surface area contributed by atoms with E-state index in [9.17, 15) is 24.9 Å². The fraction of sp³-hybridized carbons (Fsp3) is 0.867. The standard InChI is InChI=1S/C30H44O9/c1-16-24(33)26(36-3)25(34)27(38-16)39-19-6-10-29(15-31)18(13-19)4-5-22-21(29)7-9-28(2)20(8-11-30(22,28)35)17-12-23(32)37-14-17/h12,15-16,18-22,24-27,33-35H,4-11,13-14H2,1-3H3/t16-,18+,19-,20?,21?,22+,24-,25-,26+,27+,28+,29+,30?/m0/s1. The SMILES string of the molecule is CO[C@H]1[C@H](O)[C@@H](O[C@H]2CC[C@]3(C=O)C4CC[C@]5(C)C(C6=CC(=O)OC6)CCC5(O)[C@@H]4CC[C@@H]3C2)O[C@@H](C)[C@@H]1O. The molecule has 9 heteroatoms. The number of hydrogen-bond acceptors (Lipinski definition) is 9. The highest BCUT2D eigenvalue weighted by atomic mass is 16.7. The summed E-state index contributed by atoms with van der Waals surface area (Å²) in [6, 6.07) is 0. The number of carbonyl (C=O) groups excluding carboxylic acids is 2. The van der Waals surface area contributed by atoms with Gasteiger partial charge < -0.3 is 39.1 Å². The van der Waals surface area contributed by atoms with Crippen LogP contribution in [0.4, 0.5) is 0 Å². The largest absolute Gasteiger partial charge is 0.458 e. The Bertz CT molecular complexity index is 1010. The van der Waals surface area contributed by atoms with E-state index in [1.165, 1.54) is 13.4 Å². The van der Waals surface area contributed by atoms with E-state index in [1.54, 1.807) is 13.0 Å². The van der Waals surface area contributed by atoms with Crippen LogP contribution < -0.4 is 0 Å². The van der Waals surface area contributed by atoms with Crippen molar-refractivity contribution in [1.29, 1.82) is 0 Å². The second-order valence-electron chi connectivity index (χ2n) is 13.4. The van der Waals surface area contributed by atoms with Crippen molar-refractivity contribution in [3.63, 3.8) is 0 Å². The van der Waals surface area contributed by atoms with Crippen LogP contribution >= 0.6 is 0 Å². The summed E-state index contributed by atoms with van der Waals surface area (Å²) in [4.78, 5) is 24.8. The van der Waals surface area contributed by atoms with Gasteiger partial charge >= 0.3 is 5.97 Å². The zero-order valence-corrected chi connectivity index (χ0v) is 23.3. The Balaban J connectivity index is 1.18. The van der Waals surface area contributed by atoms with E-state index in [2.05, 4.69) is 6.92 Å². The minimum Gasteiger partial charge on any atom is -0.458 e. The highest BCUT2D eigenvalue weighted by molar-refractivity contribution is 5.85. The van der Waals surface area contributed by atoms with E-state index >= 15 is 0 Å². The Labute approximate surface area is 230 Å². The van der Waals surface area contributed by atoms with Crippen molar-refractivity contribution in [1.82, 2.24) is 0 Å². The molecule has 39 heavy (non-hydrogen) atoms. The van der Waals surface area contributed by atoms with Crippen LogP contribution in [0.1, 0.15) is 71.6 Å². The van der Waals surface area contributed by atoms with Gasteiger partial charge in [-0.3, -0.25) is 0 Å². The monoisotopic (exact) mass is 548 g/mol. The first kappa shape index (κ1) is 27.8. The first-order chi connectivity index (χ1) is 18.6. The number of cyclic esters (lactones) is 1. The molecular formula is C30H44O9. The van der Waals surface area contributed by atoms with Gasteiger partial charge in [0.25, 0.3) is 0 Å². The van der Waals surface area contributed by atoms with E-state index in [0.717, 1.165) is 37.7 Å². The minimum absolute atomic E-state index is 0.0482. The van der Waals surface area contributed by atoms with Gasteiger partial charge in [-0.2, -0.15) is 0 Å². The molecule has 0 amide bonds. The van der Waals surface area contributed by atoms with E-state index in [0.29, 0.717) is 32.3 Å². The summed E-state index contributed by atoms with van der Waals surface area (Å²) in [5.74, 6) is 0.152. The molecule has 4 aliphatic carbocycles. The second kappa shape index (κ2) is 9.88. The Kier molecular flexibility index (Phi) is 7.04. The molecule has 0 aromatic rings. The fourth-order valence-corrected chi connectivity index (χ4v) is 10.00. The third kappa shape index (κ3) is 4.02. The number of esters is 1. The van der Waals surface area contributed by atoms with Crippen LogP contribution in [0, 0.1) is 34.5 Å². The fourth-order valence-electron chi connectivity index (χ4n) is 10.00. The lowest BCUT2D eigenvalue weighted by atomic mass is 9.43. The summed E-state index contributed by atoms with van der Waals surface area (Å²) >= 11 is 0. The molecule has 4 saturated carbocycles. The average molecular weight is 549 g/mol. The smallest absolute Gasteiger partial charge is 0.331 e. The maximum atomic E-state index is 13.0. The van der Waals surface area contributed by atoms with Crippen molar-refractivity contribution >= 4 is 12.3 Å². The second-order valence-corrected chi connectivity index (χ2v) is 13.4. The molecule has 2 aliphatic heterocycles. The van der Waals surface area contributed by atoms with Gasteiger partial charge in [0.15, 0.2) is 6.29 Å². The molecule has 9 nitrogen and oxygen atoms in total. The topological polar surface area (TPSA) is 132 Å². The highest BCUT2D eigenvalue weighted by Crippen LogP contribution is 2.69. The van der Waals surface area contributed by atoms with Gasteiger partial charge in [-0.25, -0.2) is 4.79 Å². The van der Waals surface area contributed by atoms with Gasteiger partial charge in [-0.15, -0.1) is 0 Å². The lowest BCUT2D eigenvalue weighted by Gasteiger charge is -2.63. The van der Waals surface area contributed by atoms with Crippen LogP contribution in [0.25, 0.3) is 0 Å². The number of methoxy groups -OCH3 is 1. The molecule has 3 N–H and O–H groups in total. The quantitative estimate of drug-likeness (QED) is 0.269. The molecule has 13 atom stereocenters. The first-order valence-electron chi connectivity index (χ1n) is 14.8. The van der Waals surface area contributed by atoms with Gasteiger partial charge in [0.05, 0.1) is 17.8 Å². The highest BCUT2D eigenvalue weighted by Gasteiger charge is 2.68. The van der Waals surface area contributed by atoms with E-state index in [1.807, 2.05) is 0 Å². The Morgan fingerprint density at radius 2 is 1.85 bits per heavy atom. The van der Waals surface area contributed by atoms with Crippen LogP contribution in [0.2, 0.25) is 0 Å². The molecule has 0 spiro atoms. The number of ether oxygens (including phenoxy) is 4. The zero-order valence-electron chi connectivity index (χ0n) is 23.3. The summed E-state index contributed by atoms with van der Waals surface area (Å²) in [5, 5.41) is 33.4. The molecule has 0 aromatic carbocycles. The van der Waals surface area contributed by atoms with Crippen molar-refractivity contribution in [2.45, 2.75) is 114 Å². The number of aliphatic hydroxyl groups is 3. The van der Waals surface area contributed by atoms with Crippen LogP contribution in [0.5, 0.6) is 0 Å². The van der Waals surface area contributed by atoms with Crippen molar-refractivity contribution < 1.29 is 43.9 Å². The van der Waals surface area contributed by atoms with E-state index in [-0.39, 0.29) is 41.2 Å². The molecule has 0 radical (unpaired) electrons. The average Bonchev–Trinajstić information content (AvgIpc) is 3.47. The Morgan fingerprint density at radius 1 is 1.05 bits per heavy atom. The van der Waals surface area contributed by atoms with Gasteiger partial charge in [-0.05, 0) is 94.0 Å². The minimum atomic E-state index is -1.11. The number of aldehydes is 1.